The van der Waals surface area contributed by atoms with Crippen molar-refractivity contribution in [3.05, 3.63) is 31.8 Å². The van der Waals surface area contributed by atoms with Crippen molar-refractivity contribution in [3.8, 4) is 0 Å². The molecular weight excluding hydrogens is 400 g/mol. The molecule has 0 bridgehead atoms. The molecule has 1 rings (SSSR count). The van der Waals surface area contributed by atoms with Crippen LogP contribution in [-0.4, -0.2) is 12.0 Å². The van der Waals surface area contributed by atoms with E-state index < -0.39 is 24.8 Å². The zero-order valence-corrected chi connectivity index (χ0v) is 11.7. The predicted octanol–water partition coefficient (Wildman–Crippen LogP) is 4.58. The number of Topliss-reactive ketones (excluding diaryl/α,β-unsaturated/α-hetero) is 1. The highest BCUT2D eigenvalue weighted by Gasteiger charge is 2.28. The Morgan fingerprint density at radius 2 is 2.00 bits per heavy atom. The molecule has 6 heteroatoms. The molecular formula is C10H7BrF3IO. The van der Waals surface area contributed by atoms with Crippen LogP contribution in [0.25, 0.3) is 0 Å². The second-order valence-corrected chi connectivity index (χ2v) is 5.26. The SMILES string of the molecule is O=C(CCC(F)(F)F)c1cc(I)ccc1Br. The highest BCUT2D eigenvalue weighted by Crippen LogP contribution is 2.25. The third kappa shape index (κ3) is 4.40. The molecule has 0 N–H and O–H groups in total. The summed E-state index contributed by atoms with van der Waals surface area (Å²) < 4.78 is 37.2. The predicted molar refractivity (Wildman–Crippen MR) is 66.5 cm³/mol. The van der Waals surface area contributed by atoms with Crippen LogP contribution in [0, 0.1) is 3.57 Å². The number of benzene rings is 1. The Labute approximate surface area is 113 Å². The Hall–Kier alpha value is -0.110. The van der Waals surface area contributed by atoms with Gasteiger partial charge in [0.2, 0.25) is 0 Å². The van der Waals surface area contributed by atoms with Crippen molar-refractivity contribution in [2.45, 2.75) is 19.0 Å². The number of alkyl halides is 3. The quantitative estimate of drug-likeness (QED) is 0.530. The van der Waals surface area contributed by atoms with Gasteiger partial charge in [0.05, 0.1) is 6.42 Å². The smallest absolute Gasteiger partial charge is 0.294 e. The van der Waals surface area contributed by atoms with Gasteiger partial charge in [0.15, 0.2) is 5.78 Å². The minimum absolute atomic E-state index is 0.302. The summed E-state index contributed by atoms with van der Waals surface area (Å²) in [5, 5.41) is 0. The molecule has 1 aromatic carbocycles. The maximum atomic E-state index is 11.9. The molecule has 0 aliphatic heterocycles. The average molecular weight is 407 g/mol. The van der Waals surface area contributed by atoms with E-state index in [0.29, 0.717) is 10.0 Å². The van der Waals surface area contributed by atoms with E-state index in [0.717, 1.165) is 3.57 Å². The van der Waals surface area contributed by atoms with Crippen molar-refractivity contribution in [3.63, 3.8) is 0 Å². The molecule has 0 spiro atoms. The fourth-order valence-corrected chi connectivity index (χ4v) is 2.06. The van der Waals surface area contributed by atoms with E-state index in [1.165, 1.54) is 0 Å². The molecule has 1 aromatic rings. The van der Waals surface area contributed by atoms with Gasteiger partial charge in [-0.25, -0.2) is 0 Å². The van der Waals surface area contributed by atoms with E-state index in [1.54, 1.807) is 18.2 Å². The van der Waals surface area contributed by atoms with Crippen LogP contribution in [0.2, 0.25) is 0 Å². The molecule has 0 aromatic heterocycles. The molecule has 0 aliphatic rings. The Bertz CT molecular complexity index is 404. The Morgan fingerprint density at radius 3 is 2.56 bits per heavy atom. The van der Waals surface area contributed by atoms with Crippen LogP contribution in [-0.2, 0) is 0 Å². The van der Waals surface area contributed by atoms with Crippen LogP contribution in [0.5, 0.6) is 0 Å². The molecule has 0 atom stereocenters. The van der Waals surface area contributed by atoms with E-state index in [4.69, 9.17) is 0 Å². The zero-order chi connectivity index (χ0) is 12.3. The number of rotatable bonds is 3. The highest BCUT2D eigenvalue weighted by atomic mass is 127. The van der Waals surface area contributed by atoms with Crippen molar-refractivity contribution >= 4 is 44.3 Å². The summed E-state index contributed by atoms with van der Waals surface area (Å²) >= 11 is 5.15. The minimum atomic E-state index is -4.29. The molecule has 0 amide bonds. The maximum absolute atomic E-state index is 11.9. The second-order valence-electron chi connectivity index (χ2n) is 3.16. The molecule has 0 fully saturated rings. The van der Waals surface area contributed by atoms with E-state index >= 15 is 0 Å². The third-order valence-electron chi connectivity index (χ3n) is 1.86. The molecule has 0 aliphatic carbocycles. The lowest BCUT2D eigenvalue weighted by Gasteiger charge is -2.07. The molecule has 16 heavy (non-hydrogen) atoms. The summed E-state index contributed by atoms with van der Waals surface area (Å²) in [5.41, 5.74) is 0.302. The first-order chi connectivity index (χ1) is 7.29. The van der Waals surface area contributed by atoms with Gasteiger partial charge in [-0.15, -0.1) is 0 Å². The zero-order valence-electron chi connectivity index (χ0n) is 7.94. The van der Waals surface area contributed by atoms with Gasteiger partial charge in [-0.3, -0.25) is 4.79 Å². The molecule has 1 nitrogen and oxygen atoms in total. The Kier molecular flexibility index (Phi) is 4.78. The summed E-state index contributed by atoms with van der Waals surface area (Å²) in [6.07, 6.45) is -5.88. The van der Waals surface area contributed by atoms with Crippen molar-refractivity contribution in [2.75, 3.05) is 0 Å². The van der Waals surface area contributed by atoms with Gasteiger partial charge in [0, 0.05) is 20.0 Å². The van der Waals surface area contributed by atoms with Gasteiger partial charge in [-0.1, -0.05) is 15.9 Å². The van der Waals surface area contributed by atoms with E-state index in [2.05, 4.69) is 15.9 Å². The van der Waals surface area contributed by atoms with Gasteiger partial charge < -0.3 is 0 Å². The van der Waals surface area contributed by atoms with Crippen LogP contribution in [0.3, 0.4) is 0 Å². The van der Waals surface area contributed by atoms with E-state index in [9.17, 15) is 18.0 Å². The van der Waals surface area contributed by atoms with Gasteiger partial charge in [0.1, 0.15) is 0 Å². The molecule has 0 saturated carbocycles. The first-order valence-electron chi connectivity index (χ1n) is 4.34. The van der Waals surface area contributed by atoms with Crippen LogP contribution >= 0.6 is 38.5 Å². The molecule has 0 radical (unpaired) electrons. The number of hydrogen-bond acceptors (Lipinski definition) is 1. The topological polar surface area (TPSA) is 17.1 Å². The summed E-state index contributed by atoms with van der Waals surface area (Å²) in [6, 6.07) is 5.00. The molecule has 0 saturated heterocycles. The summed E-state index contributed by atoms with van der Waals surface area (Å²) in [6.45, 7) is 0. The first kappa shape index (κ1) is 14.0. The fraction of sp³-hybridized carbons (Fsp3) is 0.300. The van der Waals surface area contributed by atoms with Gasteiger partial charge in [-0.05, 0) is 40.8 Å². The van der Waals surface area contributed by atoms with Crippen molar-refractivity contribution in [1.29, 1.82) is 0 Å². The van der Waals surface area contributed by atoms with Crippen LogP contribution in [0.15, 0.2) is 22.7 Å². The van der Waals surface area contributed by atoms with Crippen molar-refractivity contribution < 1.29 is 18.0 Å². The van der Waals surface area contributed by atoms with Crippen molar-refractivity contribution in [2.24, 2.45) is 0 Å². The van der Waals surface area contributed by atoms with Gasteiger partial charge in [0.25, 0.3) is 0 Å². The highest BCUT2D eigenvalue weighted by molar-refractivity contribution is 14.1. The minimum Gasteiger partial charge on any atom is -0.294 e. The second kappa shape index (κ2) is 5.48. The Morgan fingerprint density at radius 1 is 1.38 bits per heavy atom. The molecule has 0 heterocycles. The van der Waals surface area contributed by atoms with Crippen LogP contribution < -0.4 is 0 Å². The number of carbonyl (C=O) groups is 1. The number of halogens is 5. The largest absolute Gasteiger partial charge is 0.389 e. The van der Waals surface area contributed by atoms with Gasteiger partial charge >= 0.3 is 6.18 Å². The van der Waals surface area contributed by atoms with Crippen molar-refractivity contribution in [1.82, 2.24) is 0 Å². The summed E-state index contributed by atoms with van der Waals surface area (Å²) in [7, 11) is 0. The van der Waals surface area contributed by atoms with Crippen LogP contribution in [0.1, 0.15) is 23.2 Å². The summed E-state index contributed by atoms with van der Waals surface area (Å²) in [4.78, 5) is 11.5. The first-order valence-corrected chi connectivity index (χ1v) is 6.22. The normalized spacial score (nSPS) is 11.6. The molecule has 88 valence electrons. The lowest BCUT2D eigenvalue weighted by atomic mass is 10.1. The number of ketones is 1. The third-order valence-corrected chi connectivity index (χ3v) is 3.23. The maximum Gasteiger partial charge on any atom is 0.389 e. The fourth-order valence-electron chi connectivity index (χ4n) is 1.10. The van der Waals surface area contributed by atoms with Gasteiger partial charge in [-0.2, -0.15) is 13.2 Å². The Balaban J connectivity index is 2.77. The van der Waals surface area contributed by atoms with E-state index in [-0.39, 0.29) is 0 Å². The van der Waals surface area contributed by atoms with E-state index in [1.807, 2.05) is 22.6 Å². The number of carbonyl (C=O) groups excluding carboxylic acids is 1. The molecule has 0 unspecified atom stereocenters. The lowest BCUT2D eigenvalue weighted by Crippen LogP contribution is -2.11. The average Bonchev–Trinajstić information content (AvgIpc) is 2.17. The standard InChI is InChI=1S/C10H7BrF3IO/c11-8-2-1-6(15)5-7(8)9(16)3-4-10(12,13)14/h1-2,5H,3-4H2. The monoisotopic (exact) mass is 406 g/mol. The van der Waals surface area contributed by atoms with Crippen LogP contribution in [0.4, 0.5) is 13.2 Å². The lowest BCUT2D eigenvalue weighted by molar-refractivity contribution is -0.133. The number of hydrogen-bond donors (Lipinski definition) is 0. The summed E-state index contributed by atoms with van der Waals surface area (Å²) in [5.74, 6) is -0.497.